The van der Waals surface area contributed by atoms with E-state index in [1.165, 1.54) is 0 Å². The quantitative estimate of drug-likeness (QED) is 0.421. The average molecular weight is 150 g/mol. The van der Waals surface area contributed by atoms with Gasteiger partial charge in [-0.2, -0.15) is 0 Å². The van der Waals surface area contributed by atoms with Crippen LogP contribution in [0.2, 0.25) is 0 Å². The van der Waals surface area contributed by atoms with E-state index in [4.69, 9.17) is 4.74 Å². The molecule has 0 N–H and O–H groups in total. The Balaban J connectivity index is 2.66. The van der Waals surface area contributed by atoms with Crippen LogP contribution in [0.25, 0.3) is 0 Å². The fourth-order valence-electron chi connectivity index (χ4n) is 0.911. The Hall–Kier alpha value is -1.27. The summed E-state index contributed by atoms with van der Waals surface area (Å²) in [5.74, 6) is 0.562. The maximum Gasteiger partial charge on any atom is 0.314 e. The molecule has 1 aliphatic heterocycles. The summed E-state index contributed by atoms with van der Waals surface area (Å²) in [6, 6.07) is 0. The summed E-state index contributed by atoms with van der Waals surface area (Å²) in [6.07, 6.45) is 4.05. The Labute approximate surface area is 65.9 Å². The van der Waals surface area contributed by atoms with Gasteiger partial charge in [0.15, 0.2) is 0 Å². The van der Waals surface area contributed by atoms with Gasteiger partial charge in [0.2, 0.25) is 0 Å². The van der Waals surface area contributed by atoms with E-state index in [1.54, 1.807) is 12.2 Å². The molecule has 0 amide bonds. The smallest absolute Gasteiger partial charge is 0.314 e. The van der Waals surface area contributed by atoms with Gasteiger partial charge in [-0.1, -0.05) is 13.5 Å². The molecule has 11 heavy (non-hydrogen) atoms. The summed E-state index contributed by atoms with van der Waals surface area (Å²) in [5, 5.41) is 0. The summed E-state index contributed by atoms with van der Waals surface area (Å²) < 4.78 is 4.90. The van der Waals surface area contributed by atoms with E-state index in [9.17, 15) is 4.79 Å². The van der Waals surface area contributed by atoms with Crippen molar-refractivity contribution in [3.8, 4) is 0 Å². The molecule has 1 aliphatic rings. The summed E-state index contributed by atoms with van der Waals surface area (Å²) in [6.45, 7) is 5.24. The van der Waals surface area contributed by atoms with Crippen LogP contribution >= 0.6 is 0 Å². The van der Waals surface area contributed by atoms with Crippen LogP contribution in [0.5, 0.6) is 0 Å². The fourth-order valence-corrected chi connectivity index (χ4v) is 0.911. The lowest BCUT2D eigenvalue weighted by Gasteiger charge is -1.90. The van der Waals surface area contributed by atoms with E-state index in [0.29, 0.717) is 12.2 Å². The molecule has 1 heterocycles. The number of cyclic esters (lactones) is 1. The van der Waals surface area contributed by atoms with Crippen LogP contribution in [0, 0.1) is 5.92 Å². The zero-order chi connectivity index (χ0) is 8.27. The molecule has 0 aromatic heterocycles. The van der Waals surface area contributed by atoms with Crippen LogP contribution in [-0.2, 0) is 9.53 Å². The van der Waals surface area contributed by atoms with Crippen molar-refractivity contribution in [1.29, 1.82) is 0 Å². The van der Waals surface area contributed by atoms with E-state index >= 15 is 0 Å². The number of ether oxygens (including phenoxy) is 1. The highest BCUT2D eigenvalue weighted by Crippen LogP contribution is 2.23. The second-order valence-corrected chi connectivity index (χ2v) is 2.53. The van der Waals surface area contributed by atoms with Crippen LogP contribution in [0.4, 0.5) is 0 Å². The van der Waals surface area contributed by atoms with E-state index in [0.717, 1.165) is 0 Å². The minimum atomic E-state index is -0.145. The fraction of sp³-hybridized carbons (Fsp3) is 0.333. The molecule has 0 spiro atoms. The number of hydrogen-bond donors (Lipinski definition) is 0. The highest BCUT2D eigenvalue weighted by molar-refractivity contribution is 5.76. The first-order chi connectivity index (χ1) is 5.24. The lowest BCUT2D eigenvalue weighted by atomic mass is 10.1. The van der Waals surface area contributed by atoms with Gasteiger partial charge in [0.25, 0.3) is 0 Å². The molecule has 1 unspecified atom stereocenters. The first-order valence-corrected chi connectivity index (χ1v) is 3.50. The molecule has 2 nitrogen and oxygen atoms in total. The lowest BCUT2D eigenvalue weighted by molar-refractivity contribution is -0.138. The molecule has 1 fully saturated rings. The Kier molecular flexibility index (Phi) is 2.29. The molecule has 2 heteroatoms. The van der Waals surface area contributed by atoms with Gasteiger partial charge in [-0.25, -0.2) is 0 Å². The standard InChI is InChI=1S/C9H10O2/c1-3-4-5-8-6-7(2)9(10)11-8/h4-5,7H,1,6H2,2H3/b8-5+. The number of rotatable bonds is 1. The van der Waals surface area contributed by atoms with Crippen LogP contribution in [0.3, 0.4) is 0 Å². The largest absolute Gasteiger partial charge is 0.431 e. The van der Waals surface area contributed by atoms with Crippen molar-refractivity contribution in [2.24, 2.45) is 5.92 Å². The van der Waals surface area contributed by atoms with E-state index in [-0.39, 0.29) is 11.9 Å². The summed E-state index contributed by atoms with van der Waals surface area (Å²) in [5.41, 5.74) is 2.58. The Bertz CT molecular complexity index is 244. The maximum absolute atomic E-state index is 10.8. The first kappa shape index (κ1) is 7.83. The molecule has 0 aromatic rings. The van der Waals surface area contributed by atoms with Crippen molar-refractivity contribution in [3.63, 3.8) is 0 Å². The lowest BCUT2D eigenvalue weighted by Crippen LogP contribution is -2.00. The minimum Gasteiger partial charge on any atom is -0.431 e. The van der Waals surface area contributed by atoms with Gasteiger partial charge >= 0.3 is 5.97 Å². The van der Waals surface area contributed by atoms with Gasteiger partial charge in [0.05, 0.1) is 5.92 Å². The van der Waals surface area contributed by atoms with Gasteiger partial charge in [0.1, 0.15) is 5.76 Å². The van der Waals surface area contributed by atoms with Gasteiger partial charge in [-0.05, 0) is 12.2 Å². The highest BCUT2D eigenvalue weighted by Gasteiger charge is 2.25. The molecular weight excluding hydrogens is 140 g/mol. The maximum atomic E-state index is 10.8. The number of hydrogen-bond acceptors (Lipinski definition) is 2. The van der Waals surface area contributed by atoms with Gasteiger partial charge in [-0.3, -0.25) is 4.79 Å². The second kappa shape index (κ2) is 3.22. The molecule has 0 aliphatic carbocycles. The molecule has 1 rings (SSSR count). The zero-order valence-electron chi connectivity index (χ0n) is 6.46. The number of esters is 1. The van der Waals surface area contributed by atoms with E-state index in [1.807, 2.05) is 6.92 Å². The second-order valence-electron chi connectivity index (χ2n) is 2.53. The molecule has 0 aromatic carbocycles. The normalized spacial score (nSPS) is 26.5. The van der Waals surface area contributed by atoms with Crippen LogP contribution in [-0.4, -0.2) is 5.97 Å². The van der Waals surface area contributed by atoms with Crippen molar-refractivity contribution in [2.45, 2.75) is 13.3 Å². The molecule has 58 valence electrons. The SMILES string of the molecule is C=C=C/C=C1\CC(C)C(=O)O1. The van der Waals surface area contributed by atoms with E-state index < -0.39 is 0 Å². The highest BCUT2D eigenvalue weighted by atomic mass is 16.5. The summed E-state index contributed by atoms with van der Waals surface area (Å²) >= 11 is 0. The third-order valence-corrected chi connectivity index (χ3v) is 1.53. The summed E-state index contributed by atoms with van der Waals surface area (Å²) in [7, 11) is 0. The Morgan fingerprint density at radius 1 is 1.82 bits per heavy atom. The first-order valence-electron chi connectivity index (χ1n) is 3.50. The Morgan fingerprint density at radius 2 is 2.55 bits per heavy atom. The average Bonchev–Trinajstić information content (AvgIpc) is 2.28. The third kappa shape index (κ3) is 1.82. The Morgan fingerprint density at radius 3 is 3.00 bits per heavy atom. The van der Waals surface area contributed by atoms with E-state index in [2.05, 4.69) is 12.3 Å². The van der Waals surface area contributed by atoms with Crippen molar-refractivity contribution in [3.05, 3.63) is 30.2 Å². The molecular formula is C9H10O2. The number of allylic oxidation sites excluding steroid dienone is 3. The van der Waals surface area contributed by atoms with Gasteiger partial charge in [-0.15, -0.1) is 5.73 Å². The monoisotopic (exact) mass is 150 g/mol. The molecule has 0 bridgehead atoms. The van der Waals surface area contributed by atoms with Crippen molar-refractivity contribution >= 4 is 5.97 Å². The minimum absolute atomic E-state index is 0.000495. The molecule has 1 atom stereocenters. The topological polar surface area (TPSA) is 26.3 Å². The number of carbonyl (C=O) groups is 1. The van der Waals surface area contributed by atoms with Crippen molar-refractivity contribution in [1.82, 2.24) is 0 Å². The van der Waals surface area contributed by atoms with Crippen LogP contribution < -0.4 is 0 Å². The molecule has 1 saturated heterocycles. The third-order valence-electron chi connectivity index (χ3n) is 1.53. The summed E-state index contributed by atoms with van der Waals surface area (Å²) in [4.78, 5) is 10.8. The predicted octanol–water partition coefficient (Wildman–Crippen LogP) is 1.79. The van der Waals surface area contributed by atoms with Crippen molar-refractivity contribution < 1.29 is 9.53 Å². The van der Waals surface area contributed by atoms with Gasteiger partial charge in [0, 0.05) is 6.42 Å². The predicted molar refractivity (Wildman–Crippen MR) is 41.7 cm³/mol. The van der Waals surface area contributed by atoms with Crippen LogP contribution in [0.1, 0.15) is 13.3 Å². The van der Waals surface area contributed by atoms with Crippen molar-refractivity contribution in [2.75, 3.05) is 0 Å². The van der Waals surface area contributed by atoms with Crippen LogP contribution in [0.15, 0.2) is 30.2 Å². The number of carbonyl (C=O) groups excluding carboxylic acids is 1. The molecule has 0 saturated carbocycles. The molecule has 0 radical (unpaired) electrons. The van der Waals surface area contributed by atoms with Gasteiger partial charge < -0.3 is 4.74 Å². The zero-order valence-corrected chi connectivity index (χ0v) is 6.46.